The Labute approximate surface area is 243 Å². The normalized spacial score (nSPS) is 19.2. The van der Waals surface area contributed by atoms with E-state index >= 15 is 0 Å². The molecule has 1 unspecified atom stereocenters. The van der Waals surface area contributed by atoms with E-state index in [0.717, 1.165) is 49.7 Å². The van der Waals surface area contributed by atoms with Crippen molar-refractivity contribution in [2.24, 2.45) is 0 Å². The van der Waals surface area contributed by atoms with Gasteiger partial charge in [0, 0.05) is 19.4 Å². The van der Waals surface area contributed by atoms with Crippen molar-refractivity contribution < 1.29 is 34.1 Å². The summed E-state index contributed by atoms with van der Waals surface area (Å²) in [5.74, 6) is -0.903. The van der Waals surface area contributed by atoms with Crippen molar-refractivity contribution in [2.75, 3.05) is 13.2 Å². The van der Waals surface area contributed by atoms with Crippen molar-refractivity contribution in [3.63, 3.8) is 0 Å². The Balaban J connectivity index is 0.000000260. The molecule has 0 spiro atoms. The van der Waals surface area contributed by atoms with Gasteiger partial charge in [-0.15, -0.1) is 0 Å². The van der Waals surface area contributed by atoms with E-state index in [-0.39, 0.29) is 29.6 Å². The minimum absolute atomic E-state index is 0.0405. The Kier molecular flexibility index (Phi) is 13.6. The number of carboxylic acids is 1. The Bertz CT molecular complexity index is 1120. The van der Waals surface area contributed by atoms with E-state index in [1.807, 2.05) is 47.4 Å². The number of hydrogen-bond acceptors (Lipinski definition) is 6. The number of amides is 1. The molecule has 2 aliphatic rings. The van der Waals surface area contributed by atoms with E-state index in [2.05, 4.69) is 6.92 Å². The molecule has 0 saturated carbocycles. The number of rotatable bonds is 14. The number of unbranched alkanes of at least 4 members (excludes halogenated alkanes) is 2. The minimum Gasteiger partial charge on any atom is -0.478 e. The minimum atomic E-state index is -0.936. The van der Waals surface area contributed by atoms with Crippen LogP contribution in [0.5, 0.6) is 0 Å². The molecule has 2 aliphatic heterocycles. The molecule has 2 aromatic carbocycles. The molecule has 41 heavy (non-hydrogen) atoms. The van der Waals surface area contributed by atoms with Crippen LogP contribution in [0.25, 0.3) is 0 Å². The lowest BCUT2D eigenvalue weighted by atomic mass is 10.1. The lowest BCUT2D eigenvalue weighted by Crippen LogP contribution is -2.33. The van der Waals surface area contributed by atoms with Crippen LogP contribution in [0.4, 0.5) is 0 Å². The molecule has 2 saturated heterocycles. The molecule has 0 aliphatic carbocycles. The highest BCUT2D eigenvalue weighted by molar-refractivity contribution is 5.87. The van der Waals surface area contributed by atoms with Crippen LogP contribution in [0.3, 0.4) is 0 Å². The maximum Gasteiger partial charge on any atom is 0.335 e. The Morgan fingerprint density at radius 3 is 2.46 bits per heavy atom. The van der Waals surface area contributed by atoms with E-state index in [4.69, 9.17) is 14.6 Å². The van der Waals surface area contributed by atoms with Crippen LogP contribution >= 0.6 is 0 Å². The van der Waals surface area contributed by atoms with Crippen LogP contribution in [0.15, 0.2) is 66.7 Å². The number of hydrogen-bond donors (Lipinski definition) is 2. The van der Waals surface area contributed by atoms with Gasteiger partial charge in [-0.25, -0.2) is 4.79 Å². The number of ether oxygens (including phenoxy) is 2. The summed E-state index contributed by atoms with van der Waals surface area (Å²) in [6.07, 6.45) is 10.7. The summed E-state index contributed by atoms with van der Waals surface area (Å²) < 4.78 is 10.5. The molecule has 222 valence electrons. The Morgan fingerprint density at radius 2 is 1.80 bits per heavy atom. The quantitative estimate of drug-likeness (QED) is 0.181. The number of benzene rings is 2. The van der Waals surface area contributed by atoms with Crippen LogP contribution in [-0.2, 0) is 32.1 Å². The maximum absolute atomic E-state index is 12.2. The van der Waals surface area contributed by atoms with E-state index in [9.17, 15) is 19.5 Å². The summed E-state index contributed by atoms with van der Waals surface area (Å²) >= 11 is 0. The van der Waals surface area contributed by atoms with E-state index in [1.165, 1.54) is 0 Å². The second-order valence-electron chi connectivity index (χ2n) is 10.5. The van der Waals surface area contributed by atoms with Gasteiger partial charge in [-0.2, -0.15) is 0 Å². The van der Waals surface area contributed by atoms with Crippen LogP contribution in [0.2, 0.25) is 0 Å². The van der Waals surface area contributed by atoms with Gasteiger partial charge in [0.1, 0.15) is 6.10 Å². The predicted molar refractivity (Wildman–Crippen MR) is 156 cm³/mol. The first-order chi connectivity index (χ1) is 19.9. The lowest BCUT2D eigenvalue weighted by molar-refractivity contribution is -0.143. The van der Waals surface area contributed by atoms with Crippen molar-refractivity contribution in [1.29, 1.82) is 0 Å². The first-order valence-electron chi connectivity index (χ1n) is 14.6. The smallest absolute Gasteiger partial charge is 0.335 e. The van der Waals surface area contributed by atoms with Gasteiger partial charge in [-0.1, -0.05) is 80.8 Å². The van der Waals surface area contributed by atoms with E-state index < -0.39 is 12.1 Å². The van der Waals surface area contributed by atoms with Crippen LogP contribution < -0.4 is 0 Å². The van der Waals surface area contributed by atoms with Crippen molar-refractivity contribution in [3.8, 4) is 0 Å². The highest BCUT2D eigenvalue weighted by Gasteiger charge is 2.28. The van der Waals surface area contributed by atoms with Gasteiger partial charge in [0.05, 0.1) is 30.9 Å². The average Bonchev–Trinajstić information content (AvgIpc) is 3.56. The predicted octanol–water partition coefficient (Wildman–Crippen LogP) is 5.32. The number of aliphatic hydroxyl groups is 1. The molecule has 2 aromatic rings. The molecular formula is C33H43NO7. The highest BCUT2D eigenvalue weighted by Crippen LogP contribution is 2.21. The first-order valence-corrected chi connectivity index (χ1v) is 14.6. The second-order valence-corrected chi connectivity index (χ2v) is 10.5. The zero-order valence-electron chi connectivity index (χ0n) is 24.0. The number of cyclic esters (lactones) is 1. The fourth-order valence-corrected chi connectivity index (χ4v) is 4.85. The number of esters is 1. The molecule has 4 rings (SSSR count). The molecule has 2 N–H and O–H groups in total. The van der Waals surface area contributed by atoms with Crippen molar-refractivity contribution >= 4 is 17.8 Å². The molecular weight excluding hydrogens is 522 g/mol. The molecule has 2 heterocycles. The Morgan fingerprint density at radius 1 is 1.05 bits per heavy atom. The summed E-state index contributed by atoms with van der Waals surface area (Å²) in [6.45, 7) is 3.82. The molecule has 2 fully saturated rings. The standard InChI is InChI=1S/C21H29NO4.C12H14O3/c1-2-3-4-5-19(23)12-10-18-11-13-20(24)22(18)15-14-16-6-8-17(9-7-16)21(25)26;13-12-7-6-11(15-12)9-14-8-10-4-2-1-3-5-10/h6-10,12,18-19,23H,2-5,11,13-15H2,1H3,(H,25,26);1-5,11H,6-9H2/b12-10+;/t18-,19-;/m0./s1. The van der Waals surface area contributed by atoms with Gasteiger partial charge in [-0.05, 0) is 48.9 Å². The molecule has 3 atom stereocenters. The number of likely N-dealkylation sites (tertiary alicyclic amines) is 1. The van der Waals surface area contributed by atoms with Gasteiger partial charge in [0.15, 0.2) is 0 Å². The van der Waals surface area contributed by atoms with Gasteiger partial charge in [0.25, 0.3) is 0 Å². The summed E-state index contributed by atoms with van der Waals surface area (Å²) in [7, 11) is 0. The molecule has 8 nitrogen and oxygen atoms in total. The number of carbonyl (C=O) groups excluding carboxylic acids is 2. The topological polar surface area (TPSA) is 113 Å². The maximum atomic E-state index is 12.2. The number of aliphatic hydroxyl groups excluding tert-OH is 1. The molecule has 1 amide bonds. The number of aromatic carboxylic acids is 1. The fraction of sp³-hybridized carbons (Fsp3) is 0.485. The lowest BCUT2D eigenvalue weighted by Gasteiger charge is -2.22. The molecule has 0 radical (unpaired) electrons. The SMILES string of the molecule is CCCCC[C@H](O)/C=C/[C@H]1CCC(=O)N1CCc1ccc(C(=O)O)cc1.O=C1CCC(COCc2ccccc2)O1. The van der Waals surface area contributed by atoms with Gasteiger partial charge < -0.3 is 24.6 Å². The third kappa shape index (κ3) is 11.5. The average molecular weight is 566 g/mol. The van der Waals surface area contributed by atoms with Crippen LogP contribution in [-0.4, -0.2) is 64.4 Å². The zero-order valence-corrected chi connectivity index (χ0v) is 24.0. The first kappa shape index (κ1) is 32.0. The number of carbonyl (C=O) groups is 3. The van der Waals surface area contributed by atoms with Crippen molar-refractivity contribution in [3.05, 3.63) is 83.4 Å². The summed E-state index contributed by atoms with van der Waals surface area (Å²) in [4.78, 5) is 35.7. The molecule has 8 heteroatoms. The van der Waals surface area contributed by atoms with Crippen LogP contribution in [0, 0.1) is 0 Å². The van der Waals surface area contributed by atoms with Crippen LogP contribution in [0.1, 0.15) is 79.8 Å². The number of carboxylic acid groups (broad SMARTS) is 1. The zero-order chi connectivity index (χ0) is 29.5. The number of nitrogens with zero attached hydrogens (tertiary/aromatic N) is 1. The third-order valence-electron chi connectivity index (χ3n) is 7.26. The monoisotopic (exact) mass is 565 g/mol. The van der Waals surface area contributed by atoms with Gasteiger partial charge >= 0.3 is 11.9 Å². The molecule has 0 bridgehead atoms. The van der Waals surface area contributed by atoms with Crippen molar-refractivity contribution in [2.45, 2.75) is 89.6 Å². The summed E-state index contributed by atoms with van der Waals surface area (Å²) in [5.41, 5.74) is 2.42. The highest BCUT2D eigenvalue weighted by atomic mass is 16.6. The fourth-order valence-electron chi connectivity index (χ4n) is 4.85. The second kappa shape index (κ2) is 17.4. The van der Waals surface area contributed by atoms with E-state index in [0.29, 0.717) is 39.0 Å². The Hall–Kier alpha value is -3.49. The largest absolute Gasteiger partial charge is 0.478 e. The summed E-state index contributed by atoms with van der Waals surface area (Å²) in [6, 6.07) is 16.8. The third-order valence-corrected chi connectivity index (χ3v) is 7.26. The van der Waals surface area contributed by atoms with Crippen molar-refractivity contribution in [1.82, 2.24) is 4.90 Å². The van der Waals surface area contributed by atoms with Gasteiger partial charge in [-0.3, -0.25) is 9.59 Å². The summed E-state index contributed by atoms with van der Waals surface area (Å²) in [5, 5.41) is 19.0. The molecule has 0 aromatic heterocycles. The van der Waals surface area contributed by atoms with E-state index in [1.54, 1.807) is 24.3 Å². The van der Waals surface area contributed by atoms with Gasteiger partial charge in [0.2, 0.25) is 5.91 Å².